The first-order valence-corrected chi connectivity index (χ1v) is 7.01. The van der Waals surface area contributed by atoms with E-state index in [1.807, 2.05) is 17.1 Å². The highest BCUT2D eigenvalue weighted by Crippen LogP contribution is 2.33. The number of nitrogens with one attached hydrogen (secondary N) is 1. The van der Waals surface area contributed by atoms with Crippen LogP contribution in [0.4, 0.5) is 11.5 Å². The van der Waals surface area contributed by atoms with Gasteiger partial charge in [0.15, 0.2) is 0 Å². The maximum atomic E-state index is 4.36. The van der Waals surface area contributed by atoms with Crippen LogP contribution >= 0.6 is 11.3 Å². The summed E-state index contributed by atoms with van der Waals surface area (Å²) in [5.41, 5.74) is 2.19. The van der Waals surface area contributed by atoms with Gasteiger partial charge in [0, 0.05) is 17.6 Å². The van der Waals surface area contributed by atoms with E-state index in [4.69, 9.17) is 0 Å². The first-order chi connectivity index (χ1) is 9.19. The Balaban J connectivity index is 2.05. The molecule has 3 aromatic heterocycles. The highest BCUT2D eigenvalue weighted by Gasteiger charge is 2.12. The van der Waals surface area contributed by atoms with E-state index >= 15 is 0 Å². The third-order valence-electron chi connectivity index (χ3n) is 3.19. The van der Waals surface area contributed by atoms with Crippen LogP contribution < -0.4 is 5.32 Å². The molecule has 98 valence electrons. The smallest absolute Gasteiger partial charge is 0.142 e. The van der Waals surface area contributed by atoms with E-state index in [9.17, 15) is 0 Å². The van der Waals surface area contributed by atoms with E-state index in [2.05, 4.69) is 41.2 Å². The summed E-state index contributed by atoms with van der Waals surface area (Å²) in [5, 5.41) is 8.69. The Morgan fingerprint density at radius 2 is 2.16 bits per heavy atom. The molecule has 6 heteroatoms. The fourth-order valence-electron chi connectivity index (χ4n) is 2.01. The van der Waals surface area contributed by atoms with Crippen molar-refractivity contribution >= 4 is 33.1 Å². The molecule has 0 aliphatic rings. The van der Waals surface area contributed by atoms with Crippen molar-refractivity contribution < 1.29 is 0 Å². The number of hydrogen-bond donors (Lipinski definition) is 1. The summed E-state index contributed by atoms with van der Waals surface area (Å²) in [4.78, 5) is 11.0. The Morgan fingerprint density at radius 3 is 2.89 bits per heavy atom. The lowest BCUT2D eigenvalue weighted by Crippen LogP contribution is -1.95. The fraction of sp³-hybridized carbons (Fsp3) is 0.308. The zero-order valence-electron chi connectivity index (χ0n) is 11.1. The highest BCUT2D eigenvalue weighted by molar-refractivity contribution is 7.18. The maximum Gasteiger partial charge on any atom is 0.142 e. The summed E-state index contributed by atoms with van der Waals surface area (Å²) >= 11 is 1.70. The third-order valence-corrected chi connectivity index (χ3v) is 4.30. The van der Waals surface area contributed by atoms with Gasteiger partial charge >= 0.3 is 0 Å². The molecule has 0 saturated carbocycles. The number of nitrogens with zero attached hydrogens (tertiary/aromatic N) is 4. The third kappa shape index (κ3) is 2.08. The minimum atomic E-state index is 0.850. The van der Waals surface area contributed by atoms with E-state index in [0.29, 0.717) is 0 Å². The van der Waals surface area contributed by atoms with Crippen molar-refractivity contribution in [3.8, 4) is 0 Å². The van der Waals surface area contributed by atoms with Gasteiger partial charge in [-0.1, -0.05) is 0 Å². The minimum absolute atomic E-state index is 0.850. The molecule has 0 unspecified atom stereocenters. The summed E-state index contributed by atoms with van der Waals surface area (Å²) in [7, 11) is 0. The molecule has 1 N–H and O–H groups in total. The van der Waals surface area contributed by atoms with Crippen molar-refractivity contribution in [1.29, 1.82) is 0 Å². The fourth-order valence-corrected chi connectivity index (χ4v) is 3.01. The molecule has 0 spiro atoms. The summed E-state index contributed by atoms with van der Waals surface area (Å²) in [6, 6.07) is 0. The zero-order valence-corrected chi connectivity index (χ0v) is 12.0. The molecule has 0 radical (unpaired) electrons. The van der Waals surface area contributed by atoms with Crippen LogP contribution in [0.15, 0.2) is 18.7 Å². The van der Waals surface area contributed by atoms with E-state index in [1.54, 1.807) is 17.7 Å². The first kappa shape index (κ1) is 12.1. The lowest BCUT2D eigenvalue weighted by atomic mass is 10.2. The second kappa shape index (κ2) is 4.62. The van der Waals surface area contributed by atoms with Crippen molar-refractivity contribution in [1.82, 2.24) is 19.7 Å². The zero-order chi connectivity index (χ0) is 13.4. The number of fused-ring (bicyclic) bond motifs is 1. The second-order valence-electron chi connectivity index (χ2n) is 4.40. The predicted molar refractivity (Wildman–Crippen MR) is 78.1 cm³/mol. The van der Waals surface area contributed by atoms with Crippen molar-refractivity contribution in [3.63, 3.8) is 0 Å². The van der Waals surface area contributed by atoms with Gasteiger partial charge < -0.3 is 5.32 Å². The van der Waals surface area contributed by atoms with Gasteiger partial charge in [-0.2, -0.15) is 5.10 Å². The largest absolute Gasteiger partial charge is 0.337 e. The minimum Gasteiger partial charge on any atom is -0.337 e. The molecular weight excluding hydrogens is 258 g/mol. The molecule has 0 fully saturated rings. The van der Waals surface area contributed by atoms with Gasteiger partial charge in [-0.15, -0.1) is 11.3 Å². The lowest BCUT2D eigenvalue weighted by molar-refractivity contribution is 0.660. The number of rotatable bonds is 3. The van der Waals surface area contributed by atoms with Gasteiger partial charge in [0.05, 0.1) is 17.3 Å². The monoisotopic (exact) mass is 273 g/mol. The van der Waals surface area contributed by atoms with E-state index < -0.39 is 0 Å². The number of aromatic nitrogens is 4. The summed E-state index contributed by atoms with van der Waals surface area (Å²) in [6.07, 6.45) is 5.39. The van der Waals surface area contributed by atoms with Crippen LogP contribution in [-0.2, 0) is 6.54 Å². The first-order valence-electron chi connectivity index (χ1n) is 6.19. The summed E-state index contributed by atoms with van der Waals surface area (Å²) in [5.74, 6) is 0.850. The van der Waals surface area contributed by atoms with Crippen molar-refractivity contribution in [2.24, 2.45) is 0 Å². The van der Waals surface area contributed by atoms with Gasteiger partial charge in [-0.3, -0.25) is 4.68 Å². The lowest BCUT2D eigenvalue weighted by Gasteiger charge is -2.04. The Morgan fingerprint density at radius 1 is 1.32 bits per heavy atom. The van der Waals surface area contributed by atoms with Gasteiger partial charge in [-0.05, 0) is 26.3 Å². The standard InChI is InChI=1S/C13H15N5S/c1-4-18-6-10(5-16-18)17-12-11-8(2)9(3)19-13(11)15-7-14-12/h5-7H,4H2,1-3H3,(H,14,15,17). The Kier molecular flexibility index (Phi) is 2.94. The molecule has 0 saturated heterocycles. The molecule has 3 aromatic rings. The van der Waals surface area contributed by atoms with E-state index in [0.717, 1.165) is 28.3 Å². The maximum absolute atomic E-state index is 4.36. The van der Waals surface area contributed by atoms with E-state index in [1.165, 1.54) is 10.4 Å². The van der Waals surface area contributed by atoms with Crippen LogP contribution in [0, 0.1) is 13.8 Å². The molecule has 5 nitrogen and oxygen atoms in total. The quantitative estimate of drug-likeness (QED) is 0.795. The number of hydrogen-bond acceptors (Lipinski definition) is 5. The average molecular weight is 273 g/mol. The van der Waals surface area contributed by atoms with Crippen LogP contribution in [0.1, 0.15) is 17.4 Å². The molecule has 0 aliphatic heterocycles. The van der Waals surface area contributed by atoms with Crippen LogP contribution in [0.5, 0.6) is 0 Å². The molecule has 19 heavy (non-hydrogen) atoms. The topological polar surface area (TPSA) is 55.6 Å². The molecule has 0 bridgehead atoms. The Labute approximate surface area is 115 Å². The van der Waals surface area contributed by atoms with Crippen LogP contribution in [0.2, 0.25) is 0 Å². The van der Waals surface area contributed by atoms with Gasteiger partial charge in [0.25, 0.3) is 0 Å². The predicted octanol–water partition coefficient (Wildman–Crippen LogP) is 3.27. The van der Waals surface area contributed by atoms with Crippen LogP contribution in [-0.4, -0.2) is 19.7 Å². The van der Waals surface area contributed by atoms with Crippen molar-refractivity contribution in [3.05, 3.63) is 29.2 Å². The van der Waals surface area contributed by atoms with Gasteiger partial charge in [-0.25, -0.2) is 9.97 Å². The molecule has 3 rings (SSSR count). The molecule has 0 aliphatic carbocycles. The average Bonchev–Trinajstić information content (AvgIpc) is 2.96. The van der Waals surface area contributed by atoms with Crippen molar-refractivity contribution in [2.75, 3.05) is 5.32 Å². The molecular formula is C13H15N5S. The molecule has 0 amide bonds. The Bertz CT molecular complexity index is 728. The number of anilines is 2. The normalized spacial score (nSPS) is 11.1. The van der Waals surface area contributed by atoms with Gasteiger partial charge in [0.2, 0.25) is 0 Å². The molecule has 0 atom stereocenters. The second-order valence-corrected chi connectivity index (χ2v) is 5.60. The molecule has 0 aromatic carbocycles. The number of aryl methyl sites for hydroxylation is 3. The van der Waals surface area contributed by atoms with Crippen LogP contribution in [0.25, 0.3) is 10.2 Å². The summed E-state index contributed by atoms with van der Waals surface area (Å²) in [6.45, 7) is 7.14. The number of thiophene rings is 1. The van der Waals surface area contributed by atoms with Crippen molar-refractivity contribution in [2.45, 2.75) is 27.3 Å². The van der Waals surface area contributed by atoms with Gasteiger partial charge in [0.1, 0.15) is 17.0 Å². The molecule has 3 heterocycles. The van der Waals surface area contributed by atoms with Crippen LogP contribution in [0.3, 0.4) is 0 Å². The summed E-state index contributed by atoms with van der Waals surface area (Å²) < 4.78 is 1.88. The van der Waals surface area contributed by atoms with E-state index in [-0.39, 0.29) is 0 Å². The Hall–Kier alpha value is -1.95. The SMILES string of the molecule is CCn1cc(Nc2ncnc3sc(C)c(C)c23)cn1. The highest BCUT2D eigenvalue weighted by atomic mass is 32.1.